The van der Waals surface area contributed by atoms with E-state index in [-0.39, 0.29) is 17.4 Å². The van der Waals surface area contributed by atoms with Gasteiger partial charge in [-0.25, -0.2) is 9.97 Å². The van der Waals surface area contributed by atoms with Crippen LogP contribution in [0.3, 0.4) is 0 Å². The van der Waals surface area contributed by atoms with Crippen molar-refractivity contribution in [3.63, 3.8) is 0 Å². The molecule has 184 valence electrons. The second-order valence-corrected chi connectivity index (χ2v) is 9.72. The summed E-state index contributed by atoms with van der Waals surface area (Å²) in [6.45, 7) is 11.1. The van der Waals surface area contributed by atoms with E-state index >= 15 is 0 Å². The summed E-state index contributed by atoms with van der Waals surface area (Å²) in [5.41, 5.74) is 4.98. The molecule has 3 aromatic rings. The largest absolute Gasteiger partial charge is 0.368 e. The topological polar surface area (TPSA) is 74.6 Å². The van der Waals surface area contributed by atoms with Crippen LogP contribution in [0.1, 0.15) is 30.9 Å². The van der Waals surface area contributed by atoms with Gasteiger partial charge in [0.1, 0.15) is 5.52 Å². The molecular formula is C27H34N6O2. The Hall–Kier alpha value is -3.42. The molecule has 0 saturated carbocycles. The molecule has 2 saturated heterocycles. The number of pyridine rings is 1. The summed E-state index contributed by atoms with van der Waals surface area (Å²) in [7, 11) is 0. The van der Waals surface area contributed by atoms with Crippen LogP contribution >= 0.6 is 0 Å². The first-order chi connectivity index (χ1) is 17.0. The third kappa shape index (κ3) is 4.49. The van der Waals surface area contributed by atoms with Crippen molar-refractivity contribution in [3.8, 4) is 0 Å². The lowest BCUT2D eigenvalue weighted by molar-refractivity contribution is -0.136. The molecule has 4 heterocycles. The molecule has 2 aliphatic rings. The highest BCUT2D eigenvalue weighted by Crippen LogP contribution is 2.26. The Labute approximate surface area is 206 Å². The minimum atomic E-state index is -0.131. The Balaban J connectivity index is 1.29. The van der Waals surface area contributed by atoms with E-state index in [9.17, 15) is 9.59 Å². The lowest BCUT2D eigenvalue weighted by Gasteiger charge is -2.40. The number of anilines is 2. The van der Waals surface area contributed by atoms with E-state index in [2.05, 4.69) is 46.9 Å². The molecule has 1 atom stereocenters. The number of fused-ring (bicyclic) bond motifs is 1. The molecule has 2 aliphatic heterocycles. The van der Waals surface area contributed by atoms with E-state index in [4.69, 9.17) is 0 Å². The van der Waals surface area contributed by atoms with Crippen molar-refractivity contribution >= 4 is 28.6 Å². The van der Waals surface area contributed by atoms with Gasteiger partial charge in [0.15, 0.2) is 11.5 Å². The van der Waals surface area contributed by atoms with E-state index in [1.807, 2.05) is 28.9 Å². The Morgan fingerprint density at radius 1 is 1.06 bits per heavy atom. The summed E-state index contributed by atoms with van der Waals surface area (Å²) < 4.78 is 1.68. The minimum absolute atomic E-state index is 0.114. The monoisotopic (exact) mass is 474 g/mol. The Bertz CT molecular complexity index is 1290. The smallest absolute Gasteiger partial charge is 0.295 e. The number of hydrogen-bond donors (Lipinski definition) is 0. The standard InChI is InChI=1S/C27H34N6O2/c1-4-33-24-22(8-5-11-28-24)29-25(27(33)35)32-12-6-7-21(18-32)26(34)31-15-13-30(14-16-31)23-17-19(2)9-10-20(23)3/h5,8-11,17,21H,4,6-7,12-16,18H2,1-3H3. The van der Waals surface area contributed by atoms with Gasteiger partial charge >= 0.3 is 0 Å². The average Bonchev–Trinajstić information content (AvgIpc) is 2.89. The summed E-state index contributed by atoms with van der Waals surface area (Å²) in [6, 6.07) is 10.3. The number of benzene rings is 1. The number of aromatic nitrogens is 3. The fourth-order valence-electron chi connectivity index (χ4n) is 5.42. The molecule has 35 heavy (non-hydrogen) atoms. The number of rotatable bonds is 4. The second-order valence-electron chi connectivity index (χ2n) is 9.72. The summed E-state index contributed by atoms with van der Waals surface area (Å²) >= 11 is 0. The fraction of sp³-hybridized carbons (Fsp3) is 0.481. The molecule has 1 amide bonds. The highest BCUT2D eigenvalue weighted by molar-refractivity contribution is 5.80. The van der Waals surface area contributed by atoms with Crippen LogP contribution in [0.15, 0.2) is 41.3 Å². The molecular weight excluding hydrogens is 440 g/mol. The van der Waals surface area contributed by atoms with Crippen molar-refractivity contribution < 1.29 is 4.79 Å². The zero-order chi connectivity index (χ0) is 24.5. The van der Waals surface area contributed by atoms with E-state index in [0.717, 1.165) is 45.6 Å². The molecule has 1 unspecified atom stereocenters. The summed E-state index contributed by atoms with van der Waals surface area (Å²) in [5.74, 6) is 0.523. The highest BCUT2D eigenvalue weighted by Gasteiger charge is 2.33. The number of carbonyl (C=O) groups excluding carboxylic acids is 1. The Kier molecular flexibility index (Phi) is 6.45. The van der Waals surface area contributed by atoms with Crippen LogP contribution < -0.4 is 15.4 Å². The molecule has 8 nitrogen and oxygen atoms in total. The van der Waals surface area contributed by atoms with Crippen LogP contribution in [0.2, 0.25) is 0 Å². The van der Waals surface area contributed by atoms with E-state index in [0.29, 0.717) is 30.1 Å². The van der Waals surface area contributed by atoms with Gasteiger partial charge in [-0.05, 0) is 62.9 Å². The molecule has 2 fully saturated rings. The van der Waals surface area contributed by atoms with Gasteiger partial charge in [0, 0.05) is 57.7 Å². The number of hydrogen-bond acceptors (Lipinski definition) is 6. The molecule has 0 bridgehead atoms. The molecule has 0 spiro atoms. The van der Waals surface area contributed by atoms with Gasteiger partial charge in [0.2, 0.25) is 5.91 Å². The molecule has 0 aliphatic carbocycles. The number of amides is 1. The van der Waals surface area contributed by atoms with Crippen molar-refractivity contribution in [2.45, 2.75) is 40.2 Å². The Morgan fingerprint density at radius 2 is 1.86 bits per heavy atom. The molecule has 1 aromatic carbocycles. The van der Waals surface area contributed by atoms with Crippen molar-refractivity contribution in [1.82, 2.24) is 19.4 Å². The Morgan fingerprint density at radius 3 is 2.63 bits per heavy atom. The first-order valence-electron chi connectivity index (χ1n) is 12.7. The first-order valence-corrected chi connectivity index (χ1v) is 12.7. The maximum atomic E-state index is 13.5. The maximum absolute atomic E-state index is 13.5. The quantitative estimate of drug-likeness (QED) is 0.579. The minimum Gasteiger partial charge on any atom is -0.368 e. The number of piperazine rings is 1. The van der Waals surface area contributed by atoms with Gasteiger partial charge in [-0.15, -0.1) is 0 Å². The normalized spacial score (nSPS) is 18.8. The maximum Gasteiger partial charge on any atom is 0.295 e. The van der Waals surface area contributed by atoms with Gasteiger partial charge < -0.3 is 14.7 Å². The highest BCUT2D eigenvalue weighted by atomic mass is 16.2. The predicted octanol–water partition coefficient (Wildman–Crippen LogP) is 2.99. The lowest BCUT2D eigenvalue weighted by atomic mass is 9.96. The van der Waals surface area contributed by atoms with Crippen molar-refractivity contribution in [2.24, 2.45) is 5.92 Å². The molecule has 2 aromatic heterocycles. The first kappa shape index (κ1) is 23.3. The van der Waals surface area contributed by atoms with E-state index in [1.165, 1.54) is 16.8 Å². The number of piperidine rings is 1. The molecule has 0 N–H and O–H groups in total. The van der Waals surface area contributed by atoms with E-state index in [1.54, 1.807) is 10.8 Å². The van der Waals surface area contributed by atoms with Gasteiger partial charge in [0.05, 0.1) is 5.92 Å². The summed E-state index contributed by atoms with van der Waals surface area (Å²) in [5, 5.41) is 0. The summed E-state index contributed by atoms with van der Waals surface area (Å²) in [4.78, 5) is 42.2. The third-order valence-corrected chi connectivity index (χ3v) is 7.37. The zero-order valence-corrected chi connectivity index (χ0v) is 20.9. The van der Waals surface area contributed by atoms with Gasteiger partial charge in [0.25, 0.3) is 5.56 Å². The zero-order valence-electron chi connectivity index (χ0n) is 20.9. The van der Waals surface area contributed by atoms with Gasteiger partial charge in [-0.3, -0.25) is 14.2 Å². The SMILES string of the molecule is CCn1c(=O)c(N2CCCC(C(=O)N3CCN(c4cc(C)ccc4C)CC3)C2)nc2cccnc21. The van der Waals surface area contributed by atoms with Gasteiger partial charge in [-0.2, -0.15) is 0 Å². The van der Waals surface area contributed by atoms with Crippen LogP contribution in [0.25, 0.3) is 11.2 Å². The third-order valence-electron chi connectivity index (χ3n) is 7.37. The number of carbonyl (C=O) groups is 1. The van der Waals surface area contributed by atoms with Crippen LogP contribution in [0, 0.1) is 19.8 Å². The van der Waals surface area contributed by atoms with Crippen LogP contribution in [-0.2, 0) is 11.3 Å². The fourth-order valence-corrected chi connectivity index (χ4v) is 5.42. The molecule has 0 radical (unpaired) electrons. The van der Waals surface area contributed by atoms with Crippen molar-refractivity contribution in [3.05, 3.63) is 58.0 Å². The van der Waals surface area contributed by atoms with Crippen LogP contribution in [-0.4, -0.2) is 64.6 Å². The number of nitrogens with zero attached hydrogens (tertiary/aromatic N) is 6. The average molecular weight is 475 g/mol. The predicted molar refractivity (Wildman–Crippen MR) is 139 cm³/mol. The van der Waals surface area contributed by atoms with Crippen LogP contribution in [0.5, 0.6) is 0 Å². The molecule has 5 rings (SSSR count). The molecule has 8 heteroatoms. The van der Waals surface area contributed by atoms with Gasteiger partial charge in [-0.1, -0.05) is 12.1 Å². The van der Waals surface area contributed by atoms with E-state index < -0.39 is 0 Å². The van der Waals surface area contributed by atoms with Crippen molar-refractivity contribution in [1.29, 1.82) is 0 Å². The number of aryl methyl sites for hydroxylation is 3. The summed E-state index contributed by atoms with van der Waals surface area (Å²) in [6.07, 6.45) is 3.41. The van der Waals surface area contributed by atoms with Crippen LogP contribution in [0.4, 0.5) is 11.5 Å². The lowest BCUT2D eigenvalue weighted by Crippen LogP contribution is -2.53. The second kappa shape index (κ2) is 9.68. The van der Waals surface area contributed by atoms with Crippen molar-refractivity contribution in [2.75, 3.05) is 49.1 Å².